The van der Waals surface area contributed by atoms with Crippen LogP contribution in [0.3, 0.4) is 0 Å². The summed E-state index contributed by atoms with van der Waals surface area (Å²) in [6.45, 7) is 5.00. The van der Waals surface area contributed by atoms with Crippen LogP contribution in [0.15, 0.2) is 58.6 Å². The summed E-state index contributed by atoms with van der Waals surface area (Å²) in [4.78, 5) is 60.5. The van der Waals surface area contributed by atoms with E-state index in [-0.39, 0.29) is 23.5 Å². The summed E-state index contributed by atoms with van der Waals surface area (Å²) < 4.78 is 4.70. The third-order valence-corrected chi connectivity index (χ3v) is 6.84. The Labute approximate surface area is 210 Å². The van der Waals surface area contributed by atoms with Crippen LogP contribution in [-0.2, 0) is 14.3 Å². The Hall–Kier alpha value is -3.68. The van der Waals surface area contributed by atoms with Crippen molar-refractivity contribution in [1.82, 2.24) is 4.90 Å². The van der Waals surface area contributed by atoms with Crippen molar-refractivity contribution in [3.05, 3.63) is 59.7 Å². The second-order valence-corrected chi connectivity index (χ2v) is 10.2. The normalized spacial score (nSPS) is 19.9. The fourth-order valence-electron chi connectivity index (χ4n) is 4.82. The van der Waals surface area contributed by atoms with Crippen molar-refractivity contribution in [1.29, 1.82) is 0 Å². The van der Waals surface area contributed by atoms with Crippen LogP contribution < -0.4 is 0 Å². The molecule has 8 heteroatoms. The average Bonchev–Trinajstić information content (AvgIpc) is 2.87. The Morgan fingerprint density at radius 1 is 1.03 bits per heavy atom. The number of aliphatic imine (C=N–C) groups is 2. The number of amidine groups is 1. The number of carbonyl (C=O) groups excluding carboxylic acids is 4. The number of likely N-dealkylation sites (tertiary alicyclic amines) is 1. The minimum Gasteiger partial charge on any atom is -0.465 e. The second-order valence-electron chi connectivity index (χ2n) is 10.2. The molecule has 1 fully saturated rings. The Morgan fingerprint density at radius 3 is 2.36 bits per heavy atom. The first kappa shape index (κ1) is 25.4. The standard InChI is InChI=1S/C28H31N3O5/c1-28(2,16-23-29-22-7-5-4-6-21(22)26(34)30-23)17-24(32)31-14-12-19(13-15-31)25(33)18-8-10-20(11-9-18)27(35)36-3/h4-11,19,21H,12-17H2,1-3H3. The molecule has 0 saturated carbocycles. The summed E-state index contributed by atoms with van der Waals surface area (Å²) in [5.74, 6) is -0.695. The van der Waals surface area contributed by atoms with Gasteiger partial charge in [0.1, 0.15) is 11.8 Å². The minimum absolute atomic E-state index is 0.0297. The highest BCUT2D eigenvalue weighted by Gasteiger charge is 2.33. The van der Waals surface area contributed by atoms with E-state index in [1.165, 1.54) is 7.11 Å². The van der Waals surface area contributed by atoms with E-state index in [0.717, 1.165) is 0 Å². The van der Waals surface area contributed by atoms with Crippen LogP contribution in [0.1, 0.15) is 60.2 Å². The van der Waals surface area contributed by atoms with Crippen LogP contribution in [0.2, 0.25) is 0 Å². The monoisotopic (exact) mass is 489 g/mol. The zero-order valence-corrected chi connectivity index (χ0v) is 20.9. The zero-order chi connectivity index (χ0) is 25.9. The van der Waals surface area contributed by atoms with Crippen molar-refractivity contribution in [2.75, 3.05) is 20.2 Å². The third kappa shape index (κ3) is 5.75. The highest BCUT2D eigenvalue weighted by Crippen LogP contribution is 2.30. The van der Waals surface area contributed by atoms with Gasteiger partial charge in [-0.3, -0.25) is 14.4 Å². The van der Waals surface area contributed by atoms with Gasteiger partial charge < -0.3 is 9.64 Å². The number of methoxy groups -OCH3 is 1. The number of ether oxygens (including phenoxy) is 1. The van der Waals surface area contributed by atoms with E-state index < -0.39 is 17.3 Å². The highest BCUT2D eigenvalue weighted by atomic mass is 16.5. The Morgan fingerprint density at radius 2 is 1.69 bits per heavy atom. The Balaban J connectivity index is 1.30. The van der Waals surface area contributed by atoms with Gasteiger partial charge in [0.15, 0.2) is 5.78 Å². The highest BCUT2D eigenvalue weighted by molar-refractivity contribution is 6.21. The van der Waals surface area contributed by atoms with Gasteiger partial charge in [0.25, 0.3) is 5.91 Å². The second kappa shape index (κ2) is 10.5. The number of hydrogen-bond donors (Lipinski definition) is 0. The van der Waals surface area contributed by atoms with Gasteiger partial charge in [0.2, 0.25) is 5.91 Å². The molecule has 0 spiro atoms. The number of allylic oxidation sites excluding steroid dienone is 3. The molecule has 1 aromatic carbocycles. The largest absolute Gasteiger partial charge is 0.465 e. The number of nitrogens with zero attached hydrogens (tertiary/aromatic N) is 3. The number of fused-ring (bicyclic) bond motifs is 1. The Kier molecular flexibility index (Phi) is 7.43. The molecule has 36 heavy (non-hydrogen) atoms. The molecule has 2 amide bonds. The molecule has 1 saturated heterocycles. The number of rotatable bonds is 7. The topological polar surface area (TPSA) is 105 Å². The lowest BCUT2D eigenvalue weighted by atomic mass is 9.83. The molecule has 8 nitrogen and oxygen atoms in total. The molecule has 1 atom stereocenters. The Bertz CT molecular complexity index is 1180. The van der Waals surface area contributed by atoms with Crippen molar-refractivity contribution in [2.45, 2.75) is 39.5 Å². The quantitative estimate of drug-likeness (QED) is 0.428. The summed E-state index contributed by atoms with van der Waals surface area (Å²) in [7, 11) is 1.32. The first-order valence-electron chi connectivity index (χ1n) is 12.2. The number of ketones is 1. The smallest absolute Gasteiger partial charge is 0.337 e. The van der Waals surface area contributed by atoms with Crippen molar-refractivity contribution in [2.24, 2.45) is 27.2 Å². The first-order chi connectivity index (χ1) is 17.2. The lowest BCUT2D eigenvalue weighted by Crippen LogP contribution is -2.42. The van der Waals surface area contributed by atoms with E-state index in [0.29, 0.717) is 61.4 Å². The van der Waals surface area contributed by atoms with E-state index in [1.807, 2.05) is 37.0 Å². The molecule has 4 rings (SSSR count). The lowest BCUT2D eigenvalue weighted by molar-refractivity contribution is -0.134. The fraction of sp³-hybridized carbons (Fsp3) is 0.429. The van der Waals surface area contributed by atoms with Crippen molar-refractivity contribution in [3.63, 3.8) is 0 Å². The van der Waals surface area contributed by atoms with Crippen LogP contribution in [0.25, 0.3) is 0 Å². The van der Waals surface area contributed by atoms with Crippen molar-refractivity contribution < 1.29 is 23.9 Å². The molecular weight excluding hydrogens is 458 g/mol. The lowest BCUT2D eigenvalue weighted by Gasteiger charge is -2.34. The molecule has 2 aliphatic heterocycles. The molecule has 0 N–H and O–H groups in total. The van der Waals surface area contributed by atoms with E-state index in [1.54, 1.807) is 30.3 Å². The molecule has 1 aliphatic carbocycles. The van der Waals surface area contributed by atoms with Gasteiger partial charge in [-0.25, -0.2) is 9.79 Å². The molecule has 1 aromatic rings. The van der Waals surface area contributed by atoms with Crippen LogP contribution in [0, 0.1) is 17.3 Å². The molecule has 0 radical (unpaired) electrons. The minimum atomic E-state index is -0.439. The zero-order valence-electron chi connectivity index (χ0n) is 20.9. The van der Waals surface area contributed by atoms with Crippen molar-refractivity contribution in [3.8, 4) is 0 Å². The molecule has 188 valence electrons. The van der Waals surface area contributed by atoms with E-state index in [9.17, 15) is 19.2 Å². The maximum Gasteiger partial charge on any atom is 0.337 e. The maximum atomic E-state index is 13.1. The molecule has 0 aromatic heterocycles. The maximum absolute atomic E-state index is 13.1. The number of benzene rings is 1. The number of Topliss-reactive ketones (excluding diaryl/α,β-unsaturated/α-hetero) is 1. The summed E-state index contributed by atoms with van der Waals surface area (Å²) in [6.07, 6.45) is 9.22. The number of hydrogen-bond acceptors (Lipinski definition) is 6. The van der Waals surface area contributed by atoms with Gasteiger partial charge in [0, 0.05) is 37.4 Å². The van der Waals surface area contributed by atoms with Crippen LogP contribution in [0.4, 0.5) is 0 Å². The molecule has 1 unspecified atom stereocenters. The number of amides is 2. The summed E-state index contributed by atoms with van der Waals surface area (Å²) in [5.41, 5.74) is 1.23. The fourth-order valence-corrected chi connectivity index (χ4v) is 4.82. The number of carbonyl (C=O) groups is 4. The van der Waals surface area contributed by atoms with Gasteiger partial charge in [-0.2, -0.15) is 4.99 Å². The van der Waals surface area contributed by atoms with E-state index >= 15 is 0 Å². The van der Waals surface area contributed by atoms with Gasteiger partial charge in [0.05, 0.1) is 18.4 Å². The number of piperidine rings is 1. The molecule has 2 heterocycles. The predicted molar refractivity (Wildman–Crippen MR) is 136 cm³/mol. The third-order valence-electron chi connectivity index (χ3n) is 6.84. The van der Waals surface area contributed by atoms with Crippen LogP contribution in [-0.4, -0.2) is 60.2 Å². The van der Waals surface area contributed by atoms with Gasteiger partial charge in [-0.15, -0.1) is 0 Å². The van der Waals surface area contributed by atoms with Gasteiger partial charge in [-0.1, -0.05) is 44.2 Å². The molecular formula is C28H31N3O5. The number of esters is 1. The average molecular weight is 490 g/mol. The molecule has 0 bridgehead atoms. The summed E-state index contributed by atoms with van der Waals surface area (Å²) >= 11 is 0. The van der Waals surface area contributed by atoms with Crippen LogP contribution in [0.5, 0.6) is 0 Å². The van der Waals surface area contributed by atoms with Crippen LogP contribution >= 0.6 is 0 Å². The van der Waals surface area contributed by atoms with E-state index in [4.69, 9.17) is 4.74 Å². The van der Waals surface area contributed by atoms with Gasteiger partial charge in [-0.05, 0) is 36.5 Å². The SMILES string of the molecule is COC(=O)c1ccc(C(=O)C2CCN(C(=O)CC(C)(C)CC3=NC(=O)C4C=CC=CC4=N3)CC2)cc1. The van der Waals surface area contributed by atoms with Crippen molar-refractivity contribution >= 4 is 35.1 Å². The van der Waals surface area contributed by atoms with Gasteiger partial charge >= 0.3 is 5.97 Å². The predicted octanol–water partition coefficient (Wildman–Crippen LogP) is 3.82. The van der Waals surface area contributed by atoms with E-state index in [2.05, 4.69) is 9.98 Å². The summed E-state index contributed by atoms with van der Waals surface area (Å²) in [5, 5.41) is 0. The molecule has 3 aliphatic rings. The first-order valence-corrected chi connectivity index (χ1v) is 12.2. The summed E-state index contributed by atoms with van der Waals surface area (Å²) in [6, 6.07) is 6.49.